The topological polar surface area (TPSA) is 97.3 Å². The van der Waals surface area contributed by atoms with Crippen molar-refractivity contribution in [2.45, 2.75) is 68.0 Å². The van der Waals surface area contributed by atoms with Crippen molar-refractivity contribution in [2.75, 3.05) is 19.4 Å². The van der Waals surface area contributed by atoms with Gasteiger partial charge in [0.15, 0.2) is 6.29 Å². The second-order valence-corrected chi connectivity index (χ2v) is 12.0. The lowest BCUT2D eigenvalue weighted by molar-refractivity contribution is -0.245. The number of benzene rings is 3. The van der Waals surface area contributed by atoms with E-state index in [9.17, 15) is 27.9 Å². The van der Waals surface area contributed by atoms with Gasteiger partial charge in [0.25, 0.3) is 0 Å². The lowest BCUT2D eigenvalue weighted by Crippen LogP contribution is -2.50. The van der Waals surface area contributed by atoms with Crippen LogP contribution in [0.2, 0.25) is 0 Å². The molecular formula is C33H35F3N2O6S. The fourth-order valence-corrected chi connectivity index (χ4v) is 6.54. The smallest absolute Gasteiger partial charge is 0.471 e. The number of rotatable bonds is 10. The van der Waals surface area contributed by atoms with Gasteiger partial charge in [0, 0.05) is 35.7 Å². The van der Waals surface area contributed by atoms with E-state index < -0.39 is 30.3 Å². The molecule has 4 unspecified atom stereocenters. The van der Waals surface area contributed by atoms with E-state index in [0.29, 0.717) is 23.5 Å². The Morgan fingerprint density at radius 2 is 1.69 bits per heavy atom. The molecule has 2 fully saturated rings. The second-order valence-electron chi connectivity index (χ2n) is 10.9. The second kappa shape index (κ2) is 14.7. The van der Waals surface area contributed by atoms with Gasteiger partial charge in [-0.3, -0.25) is 9.59 Å². The Kier molecular flexibility index (Phi) is 10.7. The molecule has 0 bridgehead atoms. The zero-order chi connectivity index (χ0) is 32.0. The molecule has 5 rings (SSSR count). The first kappa shape index (κ1) is 32.8. The van der Waals surface area contributed by atoms with Gasteiger partial charge in [-0.15, -0.1) is 11.8 Å². The number of aliphatic hydroxyl groups excluding tert-OH is 1. The van der Waals surface area contributed by atoms with Crippen molar-refractivity contribution in [3.8, 4) is 5.75 Å². The van der Waals surface area contributed by atoms with E-state index in [4.69, 9.17) is 14.2 Å². The Morgan fingerprint density at radius 1 is 1.00 bits per heavy atom. The number of aliphatic hydroxyl groups is 1. The molecule has 2 N–H and O–H groups in total. The molecule has 2 heterocycles. The molecule has 0 aliphatic carbocycles. The predicted molar refractivity (Wildman–Crippen MR) is 161 cm³/mol. The third-order valence-corrected chi connectivity index (χ3v) is 9.07. The summed E-state index contributed by atoms with van der Waals surface area (Å²) >= 11 is 1.64. The zero-order valence-corrected chi connectivity index (χ0v) is 25.5. The number of likely N-dealkylation sites (tertiary alicyclic amines) is 1. The maximum Gasteiger partial charge on any atom is 0.471 e. The zero-order valence-electron chi connectivity index (χ0n) is 24.7. The lowest BCUT2D eigenvalue weighted by Gasteiger charge is -2.36. The number of amides is 2. The first-order valence-corrected chi connectivity index (χ1v) is 15.7. The van der Waals surface area contributed by atoms with Crippen LogP contribution in [0.4, 0.5) is 13.2 Å². The monoisotopic (exact) mass is 644 g/mol. The van der Waals surface area contributed by atoms with Crippen LogP contribution >= 0.6 is 11.8 Å². The van der Waals surface area contributed by atoms with E-state index in [1.165, 1.54) is 0 Å². The largest absolute Gasteiger partial charge is 0.496 e. The van der Waals surface area contributed by atoms with Crippen LogP contribution in [0.5, 0.6) is 5.75 Å². The highest BCUT2D eigenvalue weighted by molar-refractivity contribution is 7.99. The van der Waals surface area contributed by atoms with Gasteiger partial charge in [-0.05, 0) is 41.7 Å². The molecule has 2 aliphatic rings. The Morgan fingerprint density at radius 3 is 2.38 bits per heavy atom. The number of methoxy groups -OCH3 is 1. The first-order valence-electron chi connectivity index (χ1n) is 14.7. The van der Waals surface area contributed by atoms with Crippen molar-refractivity contribution in [3.63, 3.8) is 0 Å². The summed E-state index contributed by atoms with van der Waals surface area (Å²) < 4.78 is 57.2. The number of para-hydroxylation sites is 1. The van der Waals surface area contributed by atoms with Crippen LogP contribution in [0.15, 0.2) is 77.7 Å². The minimum absolute atomic E-state index is 0.0485. The Labute approximate surface area is 263 Å². The van der Waals surface area contributed by atoms with Crippen LogP contribution in [-0.4, -0.2) is 59.6 Å². The van der Waals surface area contributed by atoms with Crippen LogP contribution in [-0.2, 0) is 32.2 Å². The standard InChI is InChI=1S/C33H35F3N2O6S/c1-42-27-6-2-3-7-29(27)45-20-25-17-28(23-12-10-22(19-39)11-13-23)44-31(43-25)24-14-8-21(9-15-24)18-37-30(40)26-5-4-16-38(26)32(41)33(34,35)36/h2-3,6-15,25-26,28,31,39H,4-5,16-20H2,1H3,(H,37,40). The summed E-state index contributed by atoms with van der Waals surface area (Å²) in [6.45, 7) is -0.0569. The van der Waals surface area contributed by atoms with E-state index in [2.05, 4.69) is 5.32 Å². The average Bonchev–Trinajstić information content (AvgIpc) is 3.56. The third-order valence-electron chi connectivity index (χ3n) is 7.89. The summed E-state index contributed by atoms with van der Waals surface area (Å²) in [7, 11) is 1.64. The van der Waals surface area contributed by atoms with Crippen LogP contribution in [0.1, 0.15) is 53.9 Å². The van der Waals surface area contributed by atoms with E-state index in [-0.39, 0.29) is 38.3 Å². The number of carbonyl (C=O) groups excluding carboxylic acids is 2. The highest BCUT2D eigenvalue weighted by Crippen LogP contribution is 2.40. The van der Waals surface area contributed by atoms with E-state index in [0.717, 1.165) is 32.9 Å². The highest BCUT2D eigenvalue weighted by atomic mass is 32.2. The number of carbonyl (C=O) groups is 2. The molecule has 2 saturated heterocycles. The molecule has 8 nitrogen and oxygen atoms in total. The van der Waals surface area contributed by atoms with E-state index in [1.807, 2.05) is 60.7 Å². The first-order chi connectivity index (χ1) is 21.7. The van der Waals surface area contributed by atoms with Gasteiger partial charge < -0.3 is 29.5 Å². The van der Waals surface area contributed by atoms with Crippen molar-refractivity contribution in [2.24, 2.45) is 0 Å². The molecule has 4 atom stereocenters. The number of hydrogen-bond donors (Lipinski definition) is 2. The Bertz CT molecular complexity index is 1450. The van der Waals surface area contributed by atoms with Crippen molar-refractivity contribution < 1.29 is 42.1 Å². The minimum atomic E-state index is -5.02. The molecule has 45 heavy (non-hydrogen) atoms. The maximum atomic E-state index is 12.9. The van der Waals surface area contributed by atoms with Crippen molar-refractivity contribution >= 4 is 23.6 Å². The van der Waals surface area contributed by atoms with Crippen LogP contribution < -0.4 is 10.1 Å². The summed E-state index contributed by atoms with van der Waals surface area (Å²) in [5.41, 5.74) is 3.28. The molecule has 240 valence electrons. The fourth-order valence-electron chi connectivity index (χ4n) is 5.49. The highest BCUT2D eigenvalue weighted by Gasteiger charge is 2.47. The lowest BCUT2D eigenvalue weighted by atomic mass is 10.0. The molecule has 0 aromatic heterocycles. The summed E-state index contributed by atoms with van der Waals surface area (Å²) in [5, 5.41) is 12.1. The van der Waals surface area contributed by atoms with Gasteiger partial charge in [-0.25, -0.2) is 0 Å². The van der Waals surface area contributed by atoms with Gasteiger partial charge in [0.2, 0.25) is 5.91 Å². The fraction of sp³-hybridized carbons (Fsp3) is 0.394. The average molecular weight is 645 g/mol. The molecule has 3 aromatic carbocycles. The molecule has 3 aromatic rings. The normalized spacial score (nSPS) is 21.8. The summed E-state index contributed by atoms with van der Waals surface area (Å²) in [5.74, 6) is -1.15. The van der Waals surface area contributed by atoms with E-state index in [1.54, 1.807) is 31.0 Å². The number of ether oxygens (including phenoxy) is 3. The molecule has 12 heteroatoms. The van der Waals surface area contributed by atoms with Crippen molar-refractivity contribution in [1.82, 2.24) is 10.2 Å². The molecule has 0 radical (unpaired) electrons. The predicted octanol–water partition coefficient (Wildman–Crippen LogP) is 5.69. The van der Waals surface area contributed by atoms with Crippen molar-refractivity contribution in [3.05, 3.63) is 95.1 Å². The van der Waals surface area contributed by atoms with Crippen molar-refractivity contribution in [1.29, 1.82) is 0 Å². The number of nitrogens with zero attached hydrogens (tertiary/aromatic N) is 1. The van der Waals surface area contributed by atoms with Gasteiger partial charge in [-0.2, -0.15) is 13.2 Å². The van der Waals surface area contributed by atoms with Gasteiger partial charge in [0.1, 0.15) is 11.8 Å². The molecule has 0 spiro atoms. The molecule has 2 aliphatic heterocycles. The summed E-state index contributed by atoms with van der Waals surface area (Å²) in [4.78, 5) is 26.0. The SMILES string of the molecule is COc1ccccc1SCC1CC(c2ccc(CO)cc2)OC(c2ccc(CNC(=O)C3CCCN3C(=O)C(F)(F)F)cc2)O1. The van der Waals surface area contributed by atoms with Crippen LogP contribution in [0, 0.1) is 0 Å². The minimum Gasteiger partial charge on any atom is -0.496 e. The Hall–Kier alpha value is -3.58. The van der Waals surface area contributed by atoms with Crippen LogP contribution in [0.3, 0.4) is 0 Å². The quantitative estimate of drug-likeness (QED) is 0.274. The maximum absolute atomic E-state index is 12.9. The molecule has 2 amide bonds. The number of thioether (sulfide) groups is 1. The van der Waals surface area contributed by atoms with E-state index >= 15 is 0 Å². The van der Waals surface area contributed by atoms with Gasteiger partial charge in [0.05, 0.1) is 25.9 Å². The number of alkyl halides is 3. The summed E-state index contributed by atoms with van der Waals surface area (Å²) in [6.07, 6.45) is -4.97. The third kappa shape index (κ3) is 8.18. The van der Waals surface area contributed by atoms with Gasteiger partial charge in [-0.1, -0.05) is 60.7 Å². The van der Waals surface area contributed by atoms with Crippen LogP contribution in [0.25, 0.3) is 0 Å². The Balaban J connectivity index is 1.25. The molecule has 0 saturated carbocycles. The number of hydrogen-bond acceptors (Lipinski definition) is 7. The molecular weight excluding hydrogens is 609 g/mol. The number of nitrogens with one attached hydrogen (secondary N) is 1. The van der Waals surface area contributed by atoms with Gasteiger partial charge >= 0.3 is 12.1 Å². The summed E-state index contributed by atoms with van der Waals surface area (Å²) in [6, 6.07) is 21.6. The number of halogens is 3.